The van der Waals surface area contributed by atoms with Gasteiger partial charge in [-0.25, -0.2) is 4.98 Å². The van der Waals surface area contributed by atoms with Crippen LogP contribution in [0.4, 0.5) is 0 Å². The molecule has 5 heteroatoms. The van der Waals surface area contributed by atoms with Crippen molar-refractivity contribution in [3.63, 3.8) is 0 Å². The van der Waals surface area contributed by atoms with Crippen molar-refractivity contribution in [2.75, 3.05) is 13.2 Å². The normalized spacial score (nSPS) is 13.9. The zero-order chi connectivity index (χ0) is 13.2. The fraction of sp³-hybridized carbons (Fsp3) is 0.286. The van der Waals surface area contributed by atoms with Crippen LogP contribution in [0.2, 0.25) is 0 Å². The average molecular weight is 275 g/mol. The van der Waals surface area contributed by atoms with Crippen LogP contribution in [0.1, 0.15) is 23.1 Å². The van der Waals surface area contributed by atoms with Gasteiger partial charge in [-0.1, -0.05) is 0 Å². The van der Waals surface area contributed by atoms with E-state index in [1.165, 1.54) is 18.3 Å². The van der Waals surface area contributed by atoms with Gasteiger partial charge in [0.2, 0.25) is 0 Å². The predicted molar refractivity (Wildman–Crippen MR) is 73.2 cm³/mol. The molecule has 98 valence electrons. The molecule has 2 aromatic rings. The number of ether oxygens (including phenoxy) is 2. The Labute approximate surface area is 115 Å². The quantitative estimate of drug-likeness (QED) is 0.790. The molecule has 1 aromatic carbocycles. The second-order valence-corrected chi connectivity index (χ2v) is 5.16. The lowest BCUT2D eigenvalue weighted by Crippen LogP contribution is -1.97. The highest BCUT2D eigenvalue weighted by Crippen LogP contribution is 2.34. The van der Waals surface area contributed by atoms with Crippen LogP contribution in [0.3, 0.4) is 0 Å². The van der Waals surface area contributed by atoms with E-state index in [1.54, 1.807) is 0 Å². The van der Waals surface area contributed by atoms with E-state index in [0.717, 1.165) is 29.2 Å². The molecular weight excluding hydrogens is 262 g/mol. The Morgan fingerprint density at radius 3 is 2.79 bits per heavy atom. The molecule has 19 heavy (non-hydrogen) atoms. The highest BCUT2D eigenvalue weighted by molar-refractivity contribution is 7.12. The summed E-state index contributed by atoms with van der Waals surface area (Å²) >= 11 is 1.36. The summed E-state index contributed by atoms with van der Waals surface area (Å²) < 4.78 is 11.2. The Kier molecular flexibility index (Phi) is 3.21. The first-order valence-corrected chi connectivity index (χ1v) is 6.98. The standard InChI is InChI=1S/C14H13NO3S/c1-9(16)14-15-11(8-19-14)10-3-4-12-13(7-10)18-6-2-5-17-12/h3-4,7-8H,2,5-6H2,1H3. The number of ketones is 1. The van der Waals surface area contributed by atoms with Gasteiger partial charge in [-0.3, -0.25) is 4.79 Å². The number of benzene rings is 1. The molecule has 0 fully saturated rings. The maximum Gasteiger partial charge on any atom is 0.188 e. The number of carbonyl (C=O) groups excluding carboxylic acids is 1. The molecule has 3 rings (SSSR count). The molecule has 0 spiro atoms. The van der Waals surface area contributed by atoms with Crippen LogP contribution in [0.15, 0.2) is 23.6 Å². The molecule has 1 aliphatic rings. The molecule has 1 aromatic heterocycles. The zero-order valence-electron chi connectivity index (χ0n) is 10.5. The number of thiazole rings is 1. The molecule has 4 nitrogen and oxygen atoms in total. The maximum absolute atomic E-state index is 11.3. The molecule has 2 heterocycles. The van der Waals surface area contributed by atoms with E-state index >= 15 is 0 Å². The molecule has 0 saturated heterocycles. The monoisotopic (exact) mass is 275 g/mol. The molecule has 0 radical (unpaired) electrons. The summed E-state index contributed by atoms with van der Waals surface area (Å²) in [4.78, 5) is 15.6. The molecule has 0 unspecified atom stereocenters. The van der Waals surface area contributed by atoms with Gasteiger partial charge in [0.25, 0.3) is 0 Å². The third kappa shape index (κ3) is 2.46. The largest absolute Gasteiger partial charge is 0.490 e. The maximum atomic E-state index is 11.3. The van der Waals surface area contributed by atoms with Crippen LogP contribution < -0.4 is 9.47 Å². The molecule has 0 saturated carbocycles. The van der Waals surface area contributed by atoms with Crippen LogP contribution in [0.25, 0.3) is 11.3 Å². The second kappa shape index (κ2) is 5.01. The number of fused-ring (bicyclic) bond motifs is 1. The van der Waals surface area contributed by atoms with Crippen LogP contribution in [-0.4, -0.2) is 24.0 Å². The van der Waals surface area contributed by atoms with Crippen LogP contribution in [-0.2, 0) is 0 Å². The van der Waals surface area contributed by atoms with Gasteiger partial charge >= 0.3 is 0 Å². The summed E-state index contributed by atoms with van der Waals surface area (Å²) in [5.74, 6) is 1.50. The van der Waals surface area contributed by atoms with Gasteiger partial charge in [0.1, 0.15) is 0 Å². The number of nitrogens with zero attached hydrogens (tertiary/aromatic N) is 1. The van der Waals surface area contributed by atoms with E-state index in [1.807, 2.05) is 23.6 Å². The zero-order valence-corrected chi connectivity index (χ0v) is 11.3. The molecule has 0 aliphatic carbocycles. The van der Waals surface area contributed by atoms with Crippen molar-refractivity contribution in [1.82, 2.24) is 4.98 Å². The van der Waals surface area contributed by atoms with Gasteiger partial charge in [0, 0.05) is 24.3 Å². The molecular formula is C14H13NO3S. The highest BCUT2D eigenvalue weighted by Gasteiger charge is 2.13. The van der Waals surface area contributed by atoms with Crippen molar-refractivity contribution in [3.05, 3.63) is 28.6 Å². The Balaban J connectivity index is 1.96. The van der Waals surface area contributed by atoms with Gasteiger partial charge in [0.05, 0.1) is 18.9 Å². The van der Waals surface area contributed by atoms with Crippen LogP contribution in [0.5, 0.6) is 11.5 Å². The fourth-order valence-corrected chi connectivity index (χ4v) is 2.62. The smallest absolute Gasteiger partial charge is 0.188 e. The highest BCUT2D eigenvalue weighted by atomic mass is 32.1. The second-order valence-electron chi connectivity index (χ2n) is 4.31. The number of Topliss-reactive ketones (excluding diaryl/α,β-unsaturated/α-hetero) is 1. The lowest BCUT2D eigenvalue weighted by atomic mass is 10.1. The van der Waals surface area contributed by atoms with E-state index in [4.69, 9.17) is 9.47 Å². The molecule has 0 bridgehead atoms. The van der Waals surface area contributed by atoms with Crippen molar-refractivity contribution < 1.29 is 14.3 Å². The fourth-order valence-electron chi connectivity index (χ4n) is 1.89. The number of carbonyl (C=O) groups is 1. The number of aromatic nitrogens is 1. The van der Waals surface area contributed by atoms with Crippen molar-refractivity contribution >= 4 is 17.1 Å². The summed E-state index contributed by atoms with van der Waals surface area (Å²) in [6, 6.07) is 5.74. The third-order valence-corrected chi connectivity index (χ3v) is 3.79. The molecule has 0 atom stereocenters. The first-order valence-electron chi connectivity index (χ1n) is 6.10. The summed E-state index contributed by atoms with van der Waals surface area (Å²) in [6.45, 7) is 2.86. The van der Waals surface area contributed by atoms with Gasteiger partial charge in [-0.05, 0) is 18.2 Å². The first kappa shape index (κ1) is 12.2. The van der Waals surface area contributed by atoms with Gasteiger partial charge in [0.15, 0.2) is 22.3 Å². The average Bonchev–Trinajstić information content (AvgIpc) is 2.78. The lowest BCUT2D eigenvalue weighted by molar-refractivity contribution is 0.101. The Morgan fingerprint density at radius 2 is 2.05 bits per heavy atom. The number of hydrogen-bond acceptors (Lipinski definition) is 5. The summed E-state index contributed by atoms with van der Waals surface area (Å²) in [7, 11) is 0. The van der Waals surface area contributed by atoms with Crippen molar-refractivity contribution in [1.29, 1.82) is 0 Å². The SMILES string of the molecule is CC(=O)c1nc(-c2ccc3c(c2)OCCCO3)cs1. The molecule has 1 aliphatic heterocycles. The van der Waals surface area contributed by atoms with Gasteiger partial charge in [-0.2, -0.15) is 0 Å². The van der Waals surface area contributed by atoms with Gasteiger partial charge < -0.3 is 9.47 Å². The van der Waals surface area contributed by atoms with E-state index in [2.05, 4.69) is 4.98 Å². The van der Waals surface area contributed by atoms with Crippen molar-refractivity contribution in [2.24, 2.45) is 0 Å². The number of rotatable bonds is 2. The number of hydrogen-bond donors (Lipinski definition) is 0. The van der Waals surface area contributed by atoms with Crippen LogP contribution in [0, 0.1) is 0 Å². The summed E-state index contributed by atoms with van der Waals surface area (Å²) in [5.41, 5.74) is 1.74. The van der Waals surface area contributed by atoms with E-state index < -0.39 is 0 Å². The Hall–Kier alpha value is -1.88. The summed E-state index contributed by atoms with van der Waals surface area (Å²) in [5, 5.41) is 2.41. The Morgan fingerprint density at radius 1 is 1.26 bits per heavy atom. The van der Waals surface area contributed by atoms with Crippen molar-refractivity contribution in [2.45, 2.75) is 13.3 Å². The minimum Gasteiger partial charge on any atom is -0.490 e. The molecule has 0 amide bonds. The lowest BCUT2D eigenvalue weighted by Gasteiger charge is -2.08. The first-order chi connectivity index (χ1) is 9.24. The third-order valence-electron chi connectivity index (χ3n) is 2.85. The van der Waals surface area contributed by atoms with Gasteiger partial charge in [-0.15, -0.1) is 11.3 Å². The van der Waals surface area contributed by atoms with Crippen molar-refractivity contribution in [3.8, 4) is 22.8 Å². The minimum absolute atomic E-state index is 0.00871. The Bertz CT molecular complexity index is 621. The topological polar surface area (TPSA) is 48.4 Å². The van der Waals surface area contributed by atoms with E-state index in [9.17, 15) is 4.79 Å². The van der Waals surface area contributed by atoms with Crippen LogP contribution >= 0.6 is 11.3 Å². The van der Waals surface area contributed by atoms with E-state index in [0.29, 0.717) is 18.2 Å². The molecule has 0 N–H and O–H groups in total. The predicted octanol–water partition coefficient (Wildman–Crippen LogP) is 3.17. The minimum atomic E-state index is -0.00871. The summed E-state index contributed by atoms with van der Waals surface area (Å²) in [6.07, 6.45) is 0.884. The van der Waals surface area contributed by atoms with E-state index in [-0.39, 0.29) is 5.78 Å².